The molecule has 1 amide bonds. The van der Waals surface area contributed by atoms with E-state index >= 15 is 0 Å². The van der Waals surface area contributed by atoms with E-state index in [-0.39, 0.29) is 17.8 Å². The van der Waals surface area contributed by atoms with E-state index in [0.29, 0.717) is 10.9 Å². The molecule has 0 spiro atoms. The van der Waals surface area contributed by atoms with Crippen LogP contribution in [0.5, 0.6) is 0 Å². The highest BCUT2D eigenvalue weighted by Gasteiger charge is 2.25. The summed E-state index contributed by atoms with van der Waals surface area (Å²) >= 11 is 2.88. The van der Waals surface area contributed by atoms with Gasteiger partial charge in [0, 0.05) is 17.1 Å². The molecule has 2 aromatic rings. The third-order valence-corrected chi connectivity index (χ3v) is 5.22. The molecular formula is C13H17N5OS2. The maximum Gasteiger partial charge on any atom is 0.265 e. The second kappa shape index (κ2) is 5.61. The van der Waals surface area contributed by atoms with Crippen molar-refractivity contribution in [2.45, 2.75) is 38.8 Å². The maximum absolute atomic E-state index is 12.3. The number of hydrogen-bond donors (Lipinski definition) is 3. The number of carbonyl (C=O) groups is 1. The molecule has 1 atom stereocenters. The molecular weight excluding hydrogens is 306 g/mol. The number of amides is 1. The Labute approximate surface area is 130 Å². The molecule has 1 fully saturated rings. The molecule has 0 radical (unpaired) electrons. The minimum absolute atomic E-state index is 0.141. The van der Waals surface area contributed by atoms with Gasteiger partial charge in [-0.1, -0.05) is 11.3 Å². The lowest BCUT2D eigenvalue weighted by Crippen LogP contribution is -2.26. The van der Waals surface area contributed by atoms with Crippen molar-refractivity contribution in [2.24, 2.45) is 0 Å². The number of anilines is 2. The third kappa shape index (κ3) is 3.33. The molecule has 1 saturated carbocycles. The predicted molar refractivity (Wildman–Crippen MR) is 85.9 cm³/mol. The average Bonchev–Trinajstić information content (AvgIpc) is 3.00. The fraction of sp³-hybridized carbons (Fsp3) is 0.462. The third-order valence-electron chi connectivity index (χ3n) is 3.12. The van der Waals surface area contributed by atoms with Gasteiger partial charge in [-0.2, -0.15) is 0 Å². The quantitative estimate of drug-likeness (QED) is 0.786. The molecule has 0 aromatic carbocycles. The summed E-state index contributed by atoms with van der Waals surface area (Å²) in [6.45, 7) is 3.91. The second-order valence-corrected chi connectivity index (χ2v) is 7.42. The van der Waals surface area contributed by atoms with Crippen LogP contribution in [0.4, 0.5) is 10.9 Å². The van der Waals surface area contributed by atoms with Crippen molar-refractivity contribution in [3.8, 4) is 0 Å². The van der Waals surface area contributed by atoms with Crippen molar-refractivity contribution in [1.82, 2.24) is 15.3 Å². The molecule has 112 valence electrons. The van der Waals surface area contributed by atoms with Gasteiger partial charge in [0.15, 0.2) is 5.13 Å². The number of carbonyl (C=O) groups excluding carboxylic acids is 1. The number of nitrogens with one attached hydrogen (secondary N) is 2. The minimum atomic E-state index is -0.200. The molecule has 1 unspecified atom stereocenters. The van der Waals surface area contributed by atoms with E-state index in [1.165, 1.54) is 11.3 Å². The summed E-state index contributed by atoms with van der Waals surface area (Å²) in [5.74, 6) is 0.0809. The van der Waals surface area contributed by atoms with Crippen molar-refractivity contribution >= 4 is 39.5 Å². The Morgan fingerprint density at radius 2 is 2.24 bits per heavy atom. The number of thiazole rings is 2. The monoisotopic (exact) mass is 323 g/mol. The largest absolute Gasteiger partial charge is 0.382 e. The first-order valence-electron chi connectivity index (χ1n) is 6.79. The molecule has 1 aliphatic rings. The summed E-state index contributed by atoms with van der Waals surface area (Å²) in [4.78, 5) is 22.4. The van der Waals surface area contributed by atoms with Crippen LogP contribution >= 0.6 is 22.7 Å². The summed E-state index contributed by atoms with van der Waals surface area (Å²) in [5, 5.41) is 7.79. The van der Waals surface area contributed by atoms with Gasteiger partial charge in [0.1, 0.15) is 15.7 Å². The predicted octanol–water partition coefficient (Wildman–Crippen LogP) is 2.56. The first kappa shape index (κ1) is 14.3. The lowest BCUT2D eigenvalue weighted by atomic mass is 10.3. The van der Waals surface area contributed by atoms with Gasteiger partial charge in [0.25, 0.3) is 5.91 Å². The Bertz CT molecular complexity index is 661. The number of aryl methyl sites for hydroxylation is 1. The molecule has 0 saturated heterocycles. The summed E-state index contributed by atoms with van der Waals surface area (Å²) in [5.41, 5.74) is 5.84. The van der Waals surface area contributed by atoms with Gasteiger partial charge in [0.05, 0.1) is 6.04 Å². The van der Waals surface area contributed by atoms with Crippen LogP contribution in [0.2, 0.25) is 0 Å². The van der Waals surface area contributed by atoms with Gasteiger partial charge in [-0.05, 0) is 26.7 Å². The zero-order chi connectivity index (χ0) is 15.0. The number of rotatable bonds is 5. The Morgan fingerprint density at radius 1 is 1.48 bits per heavy atom. The van der Waals surface area contributed by atoms with Gasteiger partial charge in [0.2, 0.25) is 0 Å². The molecule has 0 aliphatic heterocycles. The fourth-order valence-electron chi connectivity index (χ4n) is 1.85. The van der Waals surface area contributed by atoms with E-state index in [9.17, 15) is 4.79 Å². The molecule has 2 aromatic heterocycles. The van der Waals surface area contributed by atoms with Crippen LogP contribution in [-0.2, 0) is 0 Å². The van der Waals surface area contributed by atoms with Crippen LogP contribution in [0.1, 0.15) is 45.4 Å². The van der Waals surface area contributed by atoms with Crippen LogP contribution in [0.25, 0.3) is 0 Å². The summed E-state index contributed by atoms with van der Waals surface area (Å²) in [6.07, 6.45) is 4.12. The van der Waals surface area contributed by atoms with Crippen molar-refractivity contribution in [2.75, 3.05) is 11.1 Å². The van der Waals surface area contributed by atoms with Crippen LogP contribution in [-0.4, -0.2) is 21.9 Å². The highest BCUT2D eigenvalue weighted by atomic mass is 32.1. The zero-order valence-electron chi connectivity index (χ0n) is 11.8. The first-order chi connectivity index (χ1) is 10.0. The topological polar surface area (TPSA) is 92.9 Å². The minimum Gasteiger partial charge on any atom is -0.382 e. The normalized spacial score (nSPS) is 15.7. The van der Waals surface area contributed by atoms with Crippen molar-refractivity contribution < 1.29 is 4.79 Å². The fourth-order valence-corrected chi connectivity index (χ4v) is 3.50. The standard InChI is InChI=1S/C13H17N5OS2/c1-6-5-15-12(20-6)7(2)16-11(19)9-10(14)18-13(21-9)17-8-3-4-8/h5,7-8H,3-4,14H2,1-2H3,(H,16,19)(H,17,18). The highest BCUT2D eigenvalue weighted by Crippen LogP contribution is 2.31. The van der Waals surface area contributed by atoms with Crippen LogP contribution in [0.3, 0.4) is 0 Å². The van der Waals surface area contributed by atoms with Crippen LogP contribution in [0, 0.1) is 6.92 Å². The number of aromatic nitrogens is 2. The van der Waals surface area contributed by atoms with Gasteiger partial charge >= 0.3 is 0 Å². The van der Waals surface area contributed by atoms with Gasteiger partial charge in [-0.25, -0.2) is 9.97 Å². The maximum atomic E-state index is 12.3. The average molecular weight is 323 g/mol. The van der Waals surface area contributed by atoms with E-state index in [1.807, 2.05) is 13.8 Å². The molecule has 8 heteroatoms. The van der Waals surface area contributed by atoms with Crippen molar-refractivity contribution in [3.05, 3.63) is 21.0 Å². The summed E-state index contributed by atoms with van der Waals surface area (Å²) in [6, 6.07) is 0.348. The molecule has 2 heterocycles. The van der Waals surface area contributed by atoms with E-state index in [1.54, 1.807) is 17.5 Å². The molecule has 0 bridgehead atoms. The van der Waals surface area contributed by atoms with Crippen molar-refractivity contribution in [1.29, 1.82) is 0 Å². The number of nitrogens with zero attached hydrogens (tertiary/aromatic N) is 2. The molecule has 3 rings (SSSR count). The second-order valence-electron chi connectivity index (χ2n) is 5.16. The lowest BCUT2D eigenvalue weighted by molar-refractivity contribution is 0.0944. The summed E-state index contributed by atoms with van der Waals surface area (Å²) in [7, 11) is 0. The van der Waals surface area contributed by atoms with Gasteiger partial charge < -0.3 is 16.4 Å². The summed E-state index contributed by atoms with van der Waals surface area (Å²) < 4.78 is 0. The van der Waals surface area contributed by atoms with E-state index in [2.05, 4.69) is 20.6 Å². The van der Waals surface area contributed by atoms with Crippen LogP contribution < -0.4 is 16.4 Å². The Morgan fingerprint density at radius 3 is 2.86 bits per heavy atom. The number of nitrogens with two attached hydrogens (primary N) is 1. The smallest absolute Gasteiger partial charge is 0.265 e. The Hall–Kier alpha value is -1.67. The Kier molecular flexibility index (Phi) is 3.81. The SMILES string of the molecule is Cc1cnc(C(C)NC(=O)c2sc(NC3CC3)nc2N)s1. The molecule has 6 nitrogen and oxygen atoms in total. The van der Waals surface area contributed by atoms with Gasteiger partial charge in [-0.15, -0.1) is 11.3 Å². The van der Waals surface area contributed by atoms with Gasteiger partial charge in [-0.3, -0.25) is 4.79 Å². The highest BCUT2D eigenvalue weighted by molar-refractivity contribution is 7.18. The lowest BCUT2D eigenvalue weighted by Gasteiger charge is -2.10. The van der Waals surface area contributed by atoms with Crippen molar-refractivity contribution in [3.63, 3.8) is 0 Å². The van der Waals surface area contributed by atoms with E-state index < -0.39 is 0 Å². The van der Waals surface area contributed by atoms with E-state index in [0.717, 1.165) is 27.9 Å². The molecule has 1 aliphatic carbocycles. The molecule has 21 heavy (non-hydrogen) atoms. The van der Waals surface area contributed by atoms with Crippen LogP contribution in [0.15, 0.2) is 6.20 Å². The first-order valence-corrected chi connectivity index (χ1v) is 8.42. The molecule has 4 N–H and O–H groups in total. The number of nitrogen functional groups attached to an aromatic ring is 1. The van der Waals surface area contributed by atoms with E-state index in [4.69, 9.17) is 5.73 Å². The zero-order valence-corrected chi connectivity index (χ0v) is 13.5. The Balaban J connectivity index is 1.68. The number of hydrogen-bond acceptors (Lipinski definition) is 7.